The van der Waals surface area contributed by atoms with Crippen LogP contribution in [0.3, 0.4) is 0 Å². The fourth-order valence-corrected chi connectivity index (χ4v) is 1.92. The maximum atomic E-state index is 11.7. The molecule has 0 saturated carbocycles. The van der Waals surface area contributed by atoms with Gasteiger partial charge in [-0.2, -0.15) is 0 Å². The molecule has 0 aromatic carbocycles. The molecule has 1 atom stereocenters. The number of hydrogen-bond donors (Lipinski definition) is 1. The molecule has 1 N–H and O–H groups in total. The predicted molar refractivity (Wildman–Crippen MR) is 53.6 cm³/mol. The molecule has 1 unspecified atom stereocenters. The first kappa shape index (κ1) is 12.4. The highest BCUT2D eigenvalue weighted by Gasteiger charge is 2.24. The minimum Gasteiger partial charge on any atom is -0.274 e. The Morgan fingerprint density at radius 1 is 1.31 bits per heavy atom. The van der Waals surface area contributed by atoms with Gasteiger partial charge in [-0.1, -0.05) is 13.8 Å². The molecular weight excluding hydrogens is 188 g/mol. The van der Waals surface area contributed by atoms with Crippen molar-refractivity contribution in [2.24, 2.45) is 5.92 Å². The van der Waals surface area contributed by atoms with Gasteiger partial charge in [0, 0.05) is 13.0 Å². The lowest BCUT2D eigenvalue weighted by molar-refractivity contribution is -0.128. The van der Waals surface area contributed by atoms with E-state index in [0.29, 0.717) is 0 Å². The minimum atomic E-state index is -2.94. The van der Waals surface area contributed by atoms with Gasteiger partial charge in [-0.15, -0.1) is 0 Å². The van der Waals surface area contributed by atoms with Gasteiger partial charge < -0.3 is 0 Å². The topological polar surface area (TPSA) is 61.2 Å². The van der Waals surface area contributed by atoms with Crippen LogP contribution in [-0.4, -0.2) is 26.7 Å². The summed E-state index contributed by atoms with van der Waals surface area (Å²) in [5, 5.41) is -0.333. The molecule has 0 aliphatic carbocycles. The lowest BCUT2D eigenvalue weighted by Gasteiger charge is -2.24. The second-order valence-corrected chi connectivity index (χ2v) is 6.24. The molecule has 78 valence electrons. The number of nitrogens with zero attached hydrogens (tertiary/aromatic N) is 1. The Balaban J connectivity index is 4.81. The van der Waals surface area contributed by atoms with E-state index in [-0.39, 0.29) is 17.1 Å². The van der Waals surface area contributed by atoms with Crippen molar-refractivity contribution < 1.29 is 9.00 Å². The molecule has 0 rings (SSSR count). The molecule has 0 aromatic heterocycles. The van der Waals surface area contributed by atoms with Crippen LogP contribution in [0.5, 0.6) is 0 Å². The van der Waals surface area contributed by atoms with E-state index in [1.807, 2.05) is 0 Å². The fourth-order valence-electron chi connectivity index (χ4n) is 0.813. The van der Waals surface area contributed by atoms with Crippen LogP contribution in [0.4, 0.5) is 0 Å². The van der Waals surface area contributed by atoms with Crippen LogP contribution < -0.4 is 0 Å². The van der Waals surface area contributed by atoms with Crippen molar-refractivity contribution in [1.29, 1.82) is 4.78 Å². The monoisotopic (exact) mass is 206 g/mol. The van der Waals surface area contributed by atoms with Crippen LogP contribution >= 0.6 is 0 Å². The summed E-state index contributed by atoms with van der Waals surface area (Å²) >= 11 is 0. The first-order valence-corrected chi connectivity index (χ1v) is 5.84. The van der Waals surface area contributed by atoms with Crippen molar-refractivity contribution in [1.82, 2.24) is 4.31 Å². The van der Waals surface area contributed by atoms with Gasteiger partial charge in [0.15, 0.2) is 0 Å². The zero-order valence-corrected chi connectivity index (χ0v) is 9.64. The van der Waals surface area contributed by atoms with E-state index in [4.69, 9.17) is 4.78 Å². The van der Waals surface area contributed by atoms with E-state index >= 15 is 0 Å². The van der Waals surface area contributed by atoms with Gasteiger partial charge in [-0.3, -0.25) is 9.10 Å². The highest BCUT2D eigenvalue weighted by Crippen LogP contribution is 2.10. The summed E-state index contributed by atoms with van der Waals surface area (Å²) in [6.45, 7) is 6.82. The van der Waals surface area contributed by atoms with E-state index in [1.54, 1.807) is 27.7 Å². The SMILES string of the molecule is CC(C)C(=O)N(C)S(=N)(=O)C(C)C. The van der Waals surface area contributed by atoms with Gasteiger partial charge in [0.25, 0.3) is 0 Å². The maximum absolute atomic E-state index is 11.7. The smallest absolute Gasteiger partial charge is 0.237 e. The summed E-state index contributed by atoms with van der Waals surface area (Å²) in [4.78, 5) is 11.4. The van der Waals surface area contributed by atoms with Gasteiger partial charge in [0.05, 0.1) is 5.25 Å². The van der Waals surface area contributed by atoms with Gasteiger partial charge in [0.2, 0.25) is 5.91 Å². The van der Waals surface area contributed by atoms with E-state index in [0.717, 1.165) is 4.31 Å². The Morgan fingerprint density at radius 3 is 1.92 bits per heavy atom. The van der Waals surface area contributed by atoms with Crippen molar-refractivity contribution in [3.05, 3.63) is 0 Å². The number of carbonyl (C=O) groups is 1. The lowest BCUT2D eigenvalue weighted by atomic mass is 10.2. The molecule has 0 radical (unpaired) electrons. The number of hydrogen-bond acceptors (Lipinski definition) is 3. The summed E-state index contributed by atoms with van der Waals surface area (Å²) in [6.07, 6.45) is 0. The zero-order valence-electron chi connectivity index (χ0n) is 8.83. The van der Waals surface area contributed by atoms with Crippen molar-refractivity contribution in [2.45, 2.75) is 32.9 Å². The second-order valence-electron chi connectivity index (χ2n) is 3.61. The number of nitrogens with one attached hydrogen (secondary N) is 1. The highest BCUT2D eigenvalue weighted by atomic mass is 32.2. The Kier molecular flexibility index (Phi) is 3.90. The molecule has 0 bridgehead atoms. The van der Waals surface area contributed by atoms with Crippen LogP contribution in [0.15, 0.2) is 0 Å². The first-order chi connectivity index (χ1) is 5.71. The van der Waals surface area contributed by atoms with Crippen LogP contribution in [-0.2, 0) is 14.7 Å². The molecule has 0 saturated heterocycles. The average molecular weight is 206 g/mol. The molecule has 4 nitrogen and oxygen atoms in total. The molecule has 0 aromatic rings. The Bertz CT molecular complexity index is 281. The summed E-state index contributed by atoms with van der Waals surface area (Å²) in [5.74, 6) is -0.455. The van der Waals surface area contributed by atoms with Crippen LogP contribution in [0, 0.1) is 10.7 Å². The van der Waals surface area contributed by atoms with Crippen LogP contribution in [0.25, 0.3) is 0 Å². The Hall–Kier alpha value is -0.580. The Morgan fingerprint density at radius 2 is 1.69 bits per heavy atom. The first-order valence-electron chi connectivity index (χ1n) is 4.26. The minimum absolute atomic E-state index is 0.213. The number of amides is 1. The molecule has 0 aliphatic rings. The van der Waals surface area contributed by atoms with E-state index < -0.39 is 9.92 Å². The molecule has 13 heavy (non-hydrogen) atoms. The fraction of sp³-hybridized carbons (Fsp3) is 0.875. The normalized spacial score (nSPS) is 15.9. The summed E-state index contributed by atoms with van der Waals surface area (Å²) in [7, 11) is -1.51. The molecule has 0 fully saturated rings. The zero-order chi connectivity index (χ0) is 10.8. The quantitative estimate of drug-likeness (QED) is 0.760. The lowest BCUT2D eigenvalue weighted by Crippen LogP contribution is -2.39. The van der Waals surface area contributed by atoms with Crippen LogP contribution in [0.2, 0.25) is 0 Å². The third-order valence-corrected chi connectivity index (χ3v) is 4.12. The van der Waals surface area contributed by atoms with Gasteiger partial charge in [-0.25, -0.2) is 8.99 Å². The third-order valence-electron chi connectivity index (χ3n) is 1.85. The number of rotatable bonds is 3. The van der Waals surface area contributed by atoms with E-state index in [9.17, 15) is 9.00 Å². The second kappa shape index (κ2) is 4.09. The average Bonchev–Trinajstić information content (AvgIpc) is 2.01. The predicted octanol–water partition coefficient (Wildman–Crippen LogP) is 1.47. The van der Waals surface area contributed by atoms with E-state index in [1.165, 1.54) is 7.05 Å². The molecule has 5 heteroatoms. The largest absolute Gasteiger partial charge is 0.274 e. The van der Waals surface area contributed by atoms with Crippen molar-refractivity contribution in [3.8, 4) is 0 Å². The molecule has 0 aliphatic heterocycles. The number of carbonyl (C=O) groups excluding carboxylic acids is 1. The summed E-state index contributed by atoms with van der Waals surface area (Å²) in [6, 6.07) is 0. The van der Waals surface area contributed by atoms with Crippen LogP contribution in [0.1, 0.15) is 27.7 Å². The molecule has 0 spiro atoms. The third kappa shape index (κ3) is 2.69. The molecule has 1 amide bonds. The summed E-state index contributed by atoms with van der Waals surface area (Å²) in [5.41, 5.74) is 0. The van der Waals surface area contributed by atoms with Gasteiger partial charge >= 0.3 is 0 Å². The van der Waals surface area contributed by atoms with Gasteiger partial charge in [0.1, 0.15) is 9.92 Å². The highest BCUT2D eigenvalue weighted by molar-refractivity contribution is 7.91. The Labute approximate surface area is 80.4 Å². The summed E-state index contributed by atoms with van der Waals surface area (Å²) < 4.78 is 20.3. The molecular formula is C8H18N2O2S. The maximum Gasteiger partial charge on any atom is 0.237 e. The standard InChI is InChI=1S/C8H18N2O2S/c1-6(2)8(11)10(5)13(9,12)7(3)4/h6-7,9H,1-5H3. The van der Waals surface area contributed by atoms with Crippen molar-refractivity contribution >= 4 is 15.8 Å². The van der Waals surface area contributed by atoms with E-state index in [2.05, 4.69) is 0 Å². The van der Waals surface area contributed by atoms with Crippen molar-refractivity contribution in [2.75, 3.05) is 7.05 Å². The van der Waals surface area contributed by atoms with Gasteiger partial charge in [-0.05, 0) is 13.8 Å². The molecule has 0 heterocycles. The van der Waals surface area contributed by atoms with Crippen molar-refractivity contribution in [3.63, 3.8) is 0 Å².